The second-order valence-corrected chi connectivity index (χ2v) is 2.34. The Balaban J connectivity index is 3.34. The predicted molar refractivity (Wildman–Crippen MR) is 40.9 cm³/mol. The van der Waals surface area contributed by atoms with Gasteiger partial charge in [0.1, 0.15) is 5.69 Å². The van der Waals surface area contributed by atoms with Gasteiger partial charge in [0.2, 0.25) is 0 Å². The molecule has 0 radical (unpaired) electrons. The highest BCUT2D eigenvalue weighted by atomic mass is 16.1. The lowest BCUT2D eigenvalue weighted by Crippen LogP contribution is -2.17. The highest BCUT2D eigenvalue weighted by Crippen LogP contribution is 2.13. The summed E-state index contributed by atoms with van der Waals surface area (Å²) in [7, 11) is 1.63. The molecule has 0 aliphatic rings. The van der Waals surface area contributed by atoms with Gasteiger partial charge < -0.3 is 11.5 Å². The fraction of sp³-hybridized carbons (Fsp3) is 0.333. The number of carbonyl (C=O) groups is 1. The Bertz CT molecular complexity index is 302. The first-order chi connectivity index (χ1) is 5.04. The number of anilines is 1. The Labute approximate surface area is 64.0 Å². The number of primary amides is 1. The van der Waals surface area contributed by atoms with Gasteiger partial charge in [0.05, 0.1) is 11.4 Å². The van der Waals surface area contributed by atoms with Crippen LogP contribution < -0.4 is 11.5 Å². The van der Waals surface area contributed by atoms with Gasteiger partial charge in [-0.3, -0.25) is 9.48 Å². The van der Waals surface area contributed by atoms with Gasteiger partial charge in [-0.1, -0.05) is 0 Å². The van der Waals surface area contributed by atoms with Crippen molar-refractivity contribution in [1.29, 1.82) is 0 Å². The first kappa shape index (κ1) is 7.59. The molecule has 0 saturated heterocycles. The van der Waals surface area contributed by atoms with E-state index < -0.39 is 5.91 Å². The average molecular weight is 154 g/mol. The summed E-state index contributed by atoms with van der Waals surface area (Å²) in [4.78, 5) is 10.7. The Morgan fingerprint density at radius 2 is 2.18 bits per heavy atom. The van der Waals surface area contributed by atoms with E-state index in [4.69, 9.17) is 11.5 Å². The number of aryl methyl sites for hydroxylation is 2. The second-order valence-electron chi connectivity index (χ2n) is 2.34. The zero-order valence-corrected chi connectivity index (χ0v) is 6.46. The van der Waals surface area contributed by atoms with Crippen LogP contribution in [0, 0.1) is 6.92 Å². The molecule has 1 rings (SSSR count). The number of hydrogen-bond donors (Lipinski definition) is 2. The van der Waals surface area contributed by atoms with Crippen molar-refractivity contribution in [1.82, 2.24) is 9.78 Å². The van der Waals surface area contributed by atoms with Crippen molar-refractivity contribution in [2.45, 2.75) is 6.92 Å². The number of amides is 1. The number of carbonyl (C=O) groups excluding carboxylic acids is 1. The second kappa shape index (κ2) is 2.26. The van der Waals surface area contributed by atoms with Crippen LogP contribution in [0.3, 0.4) is 0 Å². The molecule has 4 N–H and O–H groups in total. The Morgan fingerprint density at radius 3 is 2.36 bits per heavy atom. The summed E-state index contributed by atoms with van der Waals surface area (Å²) in [6, 6.07) is 0. The molecule has 1 aromatic rings. The first-order valence-corrected chi connectivity index (χ1v) is 3.13. The molecule has 0 atom stereocenters. The summed E-state index contributed by atoms with van der Waals surface area (Å²) < 4.78 is 1.38. The summed E-state index contributed by atoms with van der Waals surface area (Å²) in [6.07, 6.45) is 0. The monoisotopic (exact) mass is 154 g/mol. The predicted octanol–water partition coefficient (Wildman–Crippen LogP) is -0.590. The maximum absolute atomic E-state index is 10.7. The molecule has 0 aromatic carbocycles. The maximum Gasteiger partial charge on any atom is 0.269 e. The van der Waals surface area contributed by atoms with E-state index in [1.807, 2.05) is 0 Å². The number of hydrogen-bond acceptors (Lipinski definition) is 3. The van der Waals surface area contributed by atoms with Crippen LogP contribution in [0.4, 0.5) is 5.69 Å². The van der Waals surface area contributed by atoms with E-state index in [9.17, 15) is 4.79 Å². The van der Waals surface area contributed by atoms with Gasteiger partial charge >= 0.3 is 0 Å². The van der Waals surface area contributed by atoms with E-state index in [1.165, 1.54) is 4.68 Å². The van der Waals surface area contributed by atoms with E-state index in [2.05, 4.69) is 5.10 Å². The fourth-order valence-electron chi connectivity index (χ4n) is 0.967. The number of nitrogen functional groups attached to an aromatic ring is 1. The summed E-state index contributed by atoms with van der Waals surface area (Å²) >= 11 is 0. The molecular weight excluding hydrogens is 144 g/mol. The van der Waals surface area contributed by atoms with Crippen LogP contribution in [-0.2, 0) is 7.05 Å². The van der Waals surface area contributed by atoms with E-state index in [0.717, 1.165) is 0 Å². The molecule has 0 fully saturated rings. The molecule has 0 bridgehead atoms. The van der Waals surface area contributed by atoms with Gasteiger partial charge in [-0.25, -0.2) is 0 Å². The molecule has 11 heavy (non-hydrogen) atoms. The number of rotatable bonds is 1. The molecule has 60 valence electrons. The Morgan fingerprint density at radius 1 is 1.64 bits per heavy atom. The highest BCUT2D eigenvalue weighted by Gasteiger charge is 2.13. The minimum Gasteiger partial charge on any atom is -0.395 e. The highest BCUT2D eigenvalue weighted by molar-refractivity contribution is 5.96. The molecule has 0 unspecified atom stereocenters. The van der Waals surface area contributed by atoms with Crippen LogP contribution in [0.1, 0.15) is 16.2 Å². The SMILES string of the molecule is Cc1nn(C)c(C(N)=O)c1N. The number of nitrogens with zero attached hydrogens (tertiary/aromatic N) is 2. The summed E-state index contributed by atoms with van der Waals surface area (Å²) in [5.74, 6) is -0.550. The number of aromatic nitrogens is 2. The minimum absolute atomic E-state index is 0.266. The van der Waals surface area contributed by atoms with E-state index in [-0.39, 0.29) is 5.69 Å². The molecule has 1 heterocycles. The molecular formula is C6H10N4O. The van der Waals surface area contributed by atoms with Gasteiger partial charge in [0.15, 0.2) is 0 Å². The van der Waals surface area contributed by atoms with Crippen molar-refractivity contribution in [3.05, 3.63) is 11.4 Å². The lowest BCUT2D eigenvalue weighted by atomic mass is 10.3. The zero-order chi connectivity index (χ0) is 8.59. The molecule has 0 saturated carbocycles. The zero-order valence-electron chi connectivity index (χ0n) is 6.46. The van der Waals surface area contributed by atoms with Gasteiger partial charge in [-0.05, 0) is 6.92 Å². The third-order valence-corrected chi connectivity index (χ3v) is 1.50. The lowest BCUT2D eigenvalue weighted by Gasteiger charge is -1.95. The molecule has 5 heteroatoms. The third-order valence-electron chi connectivity index (χ3n) is 1.50. The summed E-state index contributed by atoms with van der Waals surface area (Å²) in [6.45, 7) is 1.72. The third kappa shape index (κ3) is 1.04. The maximum atomic E-state index is 10.7. The summed E-state index contributed by atoms with van der Waals surface area (Å²) in [5, 5.41) is 3.92. The Kier molecular flexibility index (Phi) is 1.56. The largest absolute Gasteiger partial charge is 0.395 e. The fourth-order valence-corrected chi connectivity index (χ4v) is 0.967. The van der Waals surface area contributed by atoms with Gasteiger partial charge in [-0.15, -0.1) is 0 Å². The smallest absolute Gasteiger partial charge is 0.269 e. The van der Waals surface area contributed by atoms with Gasteiger partial charge in [-0.2, -0.15) is 5.10 Å². The van der Waals surface area contributed by atoms with Crippen molar-refractivity contribution in [2.24, 2.45) is 12.8 Å². The van der Waals surface area contributed by atoms with Crippen LogP contribution in [0.2, 0.25) is 0 Å². The van der Waals surface area contributed by atoms with E-state index in [0.29, 0.717) is 11.4 Å². The Hall–Kier alpha value is -1.52. The molecule has 0 aliphatic heterocycles. The van der Waals surface area contributed by atoms with Crippen LogP contribution in [0.5, 0.6) is 0 Å². The average Bonchev–Trinajstić information content (AvgIpc) is 2.07. The molecule has 5 nitrogen and oxygen atoms in total. The van der Waals surface area contributed by atoms with Crippen LogP contribution in [0.25, 0.3) is 0 Å². The van der Waals surface area contributed by atoms with Crippen molar-refractivity contribution >= 4 is 11.6 Å². The topological polar surface area (TPSA) is 86.9 Å². The number of nitrogens with two attached hydrogens (primary N) is 2. The molecule has 0 aliphatic carbocycles. The summed E-state index contributed by atoms with van der Waals surface area (Å²) in [5.41, 5.74) is 11.8. The standard InChI is InChI=1S/C6H10N4O/c1-3-4(7)5(6(8)11)10(2)9-3/h7H2,1-2H3,(H2,8,11). The van der Waals surface area contributed by atoms with E-state index in [1.54, 1.807) is 14.0 Å². The van der Waals surface area contributed by atoms with Crippen LogP contribution >= 0.6 is 0 Å². The molecule has 1 amide bonds. The van der Waals surface area contributed by atoms with Crippen LogP contribution in [0.15, 0.2) is 0 Å². The van der Waals surface area contributed by atoms with Crippen LogP contribution in [-0.4, -0.2) is 15.7 Å². The van der Waals surface area contributed by atoms with Crippen molar-refractivity contribution in [2.75, 3.05) is 5.73 Å². The first-order valence-electron chi connectivity index (χ1n) is 3.13. The van der Waals surface area contributed by atoms with Gasteiger partial charge in [0.25, 0.3) is 5.91 Å². The lowest BCUT2D eigenvalue weighted by molar-refractivity contribution is 0.0992. The molecule has 0 spiro atoms. The van der Waals surface area contributed by atoms with Crippen molar-refractivity contribution in [3.8, 4) is 0 Å². The van der Waals surface area contributed by atoms with Crippen molar-refractivity contribution in [3.63, 3.8) is 0 Å². The normalized spacial score (nSPS) is 10.0. The quantitative estimate of drug-likeness (QED) is 0.566. The van der Waals surface area contributed by atoms with E-state index >= 15 is 0 Å². The molecule has 1 aromatic heterocycles. The van der Waals surface area contributed by atoms with Crippen molar-refractivity contribution < 1.29 is 4.79 Å². The van der Waals surface area contributed by atoms with Gasteiger partial charge in [0, 0.05) is 7.05 Å². The minimum atomic E-state index is -0.550.